The molecule has 2 aromatic rings. The number of hydrogen-bond acceptors (Lipinski definition) is 4. The van der Waals surface area contributed by atoms with E-state index in [0.717, 1.165) is 16.5 Å². The molecule has 0 spiro atoms. The Kier molecular flexibility index (Phi) is 3.79. The second kappa shape index (κ2) is 5.51. The van der Waals surface area contributed by atoms with Crippen LogP contribution in [0.2, 0.25) is 0 Å². The summed E-state index contributed by atoms with van der Waals surface area (Å²) in [4.78, 5) is 18.3. The first-order chi connectivity index (χ1) is 8.29. The van der Waals surface area contributed by atoms with Gasteiger partial charge in [0.05, 0.1) is 0 Å². The number of rotatable bonds is 4. The van der Waals surface area contributed by atoms with Crippen molar-refractivity contribution in [1.29, 1.82) is 0 Å². The lowest BCUT2D eigenvalue weighted by atomic mass is 10.1. The van der Waals surface area contributed by atoms with E-state index in [1.54, 1.807) is 36.3 Å². The summed E-state index contributed by atoms with van der Waals surface area (Å²) in [5, 5.41) is 0.883. The zero-order chi connectivity index (χ0) is 12.1. The van der Waals surface area contributed by atoms with Crippen molar-refractivity contribution in [3.63, 3.8) is 0 Å². The van der Waals surface area contributed by atoms with Crippen LogP contribution < -0.4 is 11.3 Å². The van der Waals surface area contributed by atoms with Gasteiger partial charge < -0.3 is 4.98 Å². The van der Waals surface area contributed by atoms with Crippen LogP contribution >= 0.6 is 11.8 Å². The van der Waals surface area contributed by atoms with Gasteiger partial charge in [-0.15, -0.1) is 0 Å². The van der Waals surface area contributed by atoms with Crippen LogP contribution in [0.5, 0.6) is 0 Å². The summed E-state index contributed by atoms with van der Waals surface area (Å²) >= 11 is 1.61. The Morgan fingerprint density at radius 2 is 2.18 bits per heavy atom. The SMILES string of the molecule is NNC(=O)c1ccc(CSc2ncc[nH]2)cc1. The van der Waals surface area contributed by atoms with Crippen molar-refractivity contribution in [2.75, 3.05) is 0 Å². The second-order valence-corrected chi connectivity index (χ2v) is 4.32. The minimum Gasteiger partial charge on any atom is -0.340 e. The summed E-state index contributed by atoms with van der Waals surface area (Å²) in [6.07, 6.45) is 3.51. The predicted octanol–water partition coefficient (Wildman–Crippen LogP) is 1.31. The van der Waals surface area contributed by atoms with Crippen LogP contribution in [0.25, 0.3) is 0 Å². The number of amides is 1. The van der Waals surface area contributed by atoms with Gasteiger partial charge in [0, 0.05) is 23.7 Å². The fourth-order valence-electron chi connectivity index (χ4n) is 1.32. The lowest BCUT2D eigenvalue weighted by Gasteiger charge is -2.02. The number of carbonyl (C=O) groups excluding carboxylic acids is 1. The molecule has 0 saturated carbocycles. The van der Waals surface area contributed by atoms with Gasteiger partial charge >= 0.3 is 0 Å². The fraction of sp³-hybridized carbons (Fsp3) is 0.0909. The van der Waals surface area contributed by atoms with Crippen LogP contribution in [0.3, 0.4) is 0 Å². The Morgan fingerprint density at radius 1 is 1.41 bits per heavy atom. The molecule has 5 nitrogen and oxygen atoms in total. The second-order valence-electron chi connectivity index (χ2n) is 3.35. The zero-order valence-electron chi connectivity index (χ0n) is 9.01. The van der Waals surface area contributed by atoms with Crippen molar-refractivity contribution >= 4 is 17.7 Å². The Balaban J connectivity index is 1.96. The summed E-state index contributed by atoms with van der Waals surface area (Å²) in [6, 6.07) is 7.31. The summed E-state index contributed by atoms with van der Waals surface area (Å²) in [5.74, 6) is 5.57. The van der Waals surface area contributed by atoms with Gasteiger partial charge in [0.2, 0.25) is 0 Å². The number of aromatic nitrogens is 2. The first-order valence-electron chi connectivity index (χ1n) is 5.01. The van der Waals surface area contributed by atoms with E-state index in [1.165, 1.54) is 0 Å². The average molecular weight is 248 g/mol. The van der Waals surface area contributed by atoms with Crippen molar-refractivity contribution in [2.24, 2.45) is 5.84 Å². The van der Waals surface area contributed by atoms with Gasteiger partial charge in [0.15, 0.2) is 5.16 Å². The van der Waals surface area contributed by atoms with Gasteiger partial charge in [0.25, 0.3) is 5.91 Å². The summed E-state index contributed by atoms with van der Waals surface area (Å²) in [6.45, 7) is 0. The summed E-state index contributed by atoms with van der Waals surface area (Å²) in [5.41, 5.74) is 3.78. The Hall–Kier alpha value is -1.79. The van der Waals surface area contributed by atoms with E-state index < -0.39 is 0 Å². The topological polar surface area (TPSA) is 83.8 Å². The molecule has 1 amide bonds. The van der Waals surface area contributed by atoms with Gasteiger partial charge in [-0.25, -0.2) is 10.8 Å². The maximum atomic E-state index is 11.2. The van der Waals surface area contributed by atoms with E-state index in [1.807, 2.05) is 12.1 Å². The maximum absolute atomic E-state index is 11.2. The molecule has 0 saturated heterocycles. The smallest absolute Gasteiger partial charge is 0.265 e. The van der Waals surface area contributed by atoms with Crippen molar-refractivity contribution in [3.05, 3.63) is 47.8 Å². The highest BCUT2D eigenvalue weighted by atomic mass is 32.2. The molecule has 88 valence electrons. The van der Waals surface area contributed by atoms with Gasteiger partial charge in [0.1, 0.15) is 0 Å². The highest BCUT2D eigenvalue weighted by Crippen LogP contribution is 2.18. The molecule has 0 aliphatic carbocycles. The number of hydrazine groups is 1. The van der Waals surface area contributed by atoms with Crippen LogP contribution in [-0.4, -0.2) is 15.9 Å². The number of hydrogen-bond donors (Lipinski definition) is 3. The third-order valence-corrected chi connectivity index (χ3v) is 3.17. The first kappa shape index (κ1) is 11.7. The summed E-state index contributed by atoms with van der Waals surface area (Å²) in [7, 11) is 0. The summed E-state index contributed by atoms with van der Waals surface area (Å²) < 4.78 is 0. The number of carbonyl (C=O) groups is 1. The third kappa shape index (κ3) is 3.08. The zero-order valence-corrected chi connectivity index (χ0v) is 9.83. The van der Waals surface area contributed by atoms with Gasteiger partial charge in [-0.1, -0.05) is 23.9 Å². The van der Waals surface area contributed by atoms with Crippen LogP contribution in [0.15, 0.2) is 41.8 Å². The van der Waals surface area contributed by atoms with Crippen LogP contribution in [-0.2, 0) is 5.75 Å². The first-order valence-corrected chi connectivity index (χ1v) is 6.00. The molecule has 1 aromatic carbocycles. The van der Waals surface area contributed by atoms with E-state index in [9.17, 15) is 4.79 Å². The van der Waals surface area contributed by atoms with Crippen molar-refractivity contribution in [3.8, 4) is 0 Å². The lowest BCUT2D eigenvalue weighted by molar-refractivity contribution is 0.0953. The van der Waals surface area contributed by atoms with Crippen molar-refractivity contribution in [2.45, 2.75) is 10.9 Å². The predicted molar refractivity (Wildman–Crippen MR) is 66.2 cm³/mol. The highest BCUT2D eigenvalue weighted by Gasteiger charge is 2.03. The van der Waals surface area contributed by atoms with Crippen molar-refractivity contribution in [1.82, 2.24) is 15.4 Å². The fourth-order valence-corrected chi connectivity index (χ4v) is 2.10. The number of nitrogens with zero attached hydrogens (tertiary/aromatic N) is 1. The number of nitrogens with one attached hydrogen (secondary N) is 2. The minimum atomic E-state index is -0.282. The van der Waals surface area contributed by atoms with Gasteiger partial charge in [-0.05, 0) is 17.7 Å². The molecule has 1 aromatic heterocycles. The molecule has 0 bridgehead atoms. The Morgan fingerprint density at radius 3 is 2.76 bits per heavy atom. The number of aromatic amines is 1. The number of benzene rings is 1. The largest absolute Gasteiger partial charge is 0.340 e. The molecular formula is C11H12N4OS. The number of thioether (sulfide) groups is 1. The molecule has 0 aliphatic heterocycles. The van der Waals surface area contributed by atoms with Crippen LogP contribution in [0, 0.1) is 0 Å². The lowest BCUT2D eigenvalue weighted by Crippen LogP contribution is -2.29. The number of nitrogens with two attached hydrogens (primary N) is 1. The normalized spacial score (nSPS) is 10.2. The number of nitrogen functional groups attached to an aromatic ring is 1. The number of H-pyrrole nitrogens is 1. The maximum Gasteiger partial charge on any atom is 0.265 e. The van der Waals surface area contributed by atoms with Gasteiger partial charge in [-0.3, -0.25) is 10.2 Å². The Bertz CT molecular complexity index is 481. The molecule has 4 N–H and O–H groups in total. The monoisotopic (exact) mass is 248 g/mol. The number of imidazole rings is 1. The molecule has 1 heterocycles. The molecule has 6 heteroatoms. The molecule has 17 heavy (non-hydrogen) atoms. The van der Waals surface area contributed by atoms with Crippen LogP contribution in [0.1, 0.15) is 15.9 Å². The van der Waals surface area contributed by atoms with Gasteiger partial charge in [-0.2, -0.15) is 0 Å². The van der Waals surface area contributed by atoms with Crippen LogP contribution in [0.4, 0.5) is 0 Å². The third-order valence-electron chi connectivity index (χ3n) is 2.20. The van der Waals surface area contributed by atoms with Crippen molar-refractivity contribution < 1.29 is 4.79 Å². The average Bonchev–Trinajstić information content (AvgIpc) is 2.89. The van der Waals surface area contributed by atoms with E-state index in [-0.39, 0.29) is 5.91 Å². The molecule has 2 rings (SSSR count). The van der Waals surface area contributed by atoms with E-state index in [4.69, 9.17) is 5.84 Å². The van der Waals surface area contributed by atoms with E-state index in [0.29, 0.717) is 5.56 Å². The molecule has 0 atom stereocenters. The molecule has 0 unspecified atom stereocenters. The molecular weight excluding hydrogens is 236 g/mol. The van der Waals surface area contributed by atoms with E-state index >= 15 is 0 Å². The highest BCUT2D eigenvalue weighted by molar-refractivity contribution is 7.98. The standard InChI is InChI=1S/C11H12N4OS/c12-15-10(16)9-3-1-8(2-4-9)7-17-11-13-5-6-14-11/h1-6H,7,12H2,(H,13,14)(H,15,16). The molecule has 0 fully saturated rings. The van der Waals surface area contributed by atoms with E-state index in [2.05, 4.69) is 15.4 Å². The molecule has 0 radical (unpaired) electrons. The molecule has 0 aliphatic rings. The minimum absolute atomic E-state index is 0.282. The Labute approximate surface area is 103 Å². The quantitative estimate of drug-likeness (QED) is 0.329.